The van der Waals surface area contributed by atoms with Crippen molar-refractivity contribution >= 4 is 22.8 Å². The minimum atomic E-state index is -0.419. The highest BCUT2D eigenvalue weighted by Crippen LogP contribution is 2.31. The number of aromatic nitrogens is 3. The number of likely N-dealkylation sites (tertiary alicyclic amines) is 1. The number of piperidine rings is 1. The molecule has 0 N–H and O–H groups in total. The standard InChI is InChI=1S/C24H29N5O3/c1-16-18-8-6-12-27(2)23(18)26-22(25-16)17-7-5-13-28(15-17)21(30)11-14-29-19-9-3-4-10-20(19)32-24(29)31/h3-4,9-10,17H,5-8,11-15H2,1-2H3/t17-/m1/s1. The van der Waals surface area contributed by atoms with Crippen molar-refractivity contribution in [1.29, 1.82) is 0 Å². The maximum atomic E-state index is 13.0. The number of fused-ring (bicyclic) bond motifs is 2. The first-order valence-corrected chi connectivity index (χ1v) is 11.5. The quantitative estimate of drug-likeness (QED) is 0.627. The van der Waals surface area contributed by atoms with E-state index in [1.165, 1.54) is 5.56 Å². The lowest BCUT2D eigenvalue weighted by Crippen LogP contribution is -2.40. The van der Waals surface area contributed by atoms with Gasteiger partial charge in [0.1, 0.15) is 11.6 Å². The Morgan fingerprint density at radius 1 is 1.19 bits per heavy atom. The molecule has 168 valence electrons. The molecule has 0 spiro atoms. The maximum Gasteiger partial charge on any atom is 0.419 e. The summed E-state index contributed by atoms with van der Waals surface area (Å²) in [6.45, 7) is 4.76. The van der Waals surface area contributed by atoms with E-state index in [9.17, 15) is 9.59 Å². The highest BCUT2D eigenvalue weighted by atomic mass is 16.4. The molecule has 2 aliphatic rings. The maximum absolute atomic E-state index is 13.0. The number of benzene rings is 1. The van der Waals surface area contributed by atoms with Gasteiger partial charge >= 0.3 is 5.76 Å². The van der Waals surface area contributed by atoms with Gasteiger partial charge in [0.25, 0.3) is 0 Å². The molecule has 0 aliphatic carbocycles. The molecule has 1 atom stereocenters. The first-order chi connectivity index (χ1) is 15.5. The Hall–Kier alpha value is -3.16. The second-order valence-electron chi connectivity index (χ2n) is 8.91. The Labute approximate surface area is 186 Å². The number of para-hydroxylation sites is 2. The number of oxazole rings is 1. The Balaban J connectivity index is 1.29. The highest BCUT2D eigenvalue weighted by Gasteiger charge is 2.29. The summed E-state index contributed by atoms with van der Waals surface area (Å²) < 4.78 is 6.82. The molecular weight excluding hydrogens is 406 g/mol. The van der Waals surface area contributed by atoms with Crippen LogP contribution in [0.1, 0.15) is 48.7 Å². The topological polar surface area (TPSA) is 84.5 Å². The number of carbonyl (C=O) groups excluding carboxylic acids is 1. The number of rotatable bonds is 4. The molecule has 0 radical (unpaired) electrons. The normalized spacial score (nSPS) is 18.8. The fraction of sp³-hybridized carbons (Fsp3) is 0.500. The van der Waals surface area contributed by atoms with Crippen molar-refractivity contribution in [3.63, 3.8) is 0 Å². The molecule has 5 rings (SSSR count). The van der Waals surface area contributed by atoms with E-state index in [1.807, 2.05) is 23.1 Å². The molecule has 1 saturated heterocycles. The number of anilines is 1. The van der Waals surface area contributed by atoms with E-state index < -0.39 is 5.76 Å². The third-order valence-electron chi connectivity index (χ3n) is 6.75. The lowest BCUT2D eigenvalue weighted by molar-refractivity contribution is -0.132. The van der Waals surface area contributed by atoms with E-state index in [1.54, 1.807) is 10.6 Å². The van der Waals surface area contributed by atoms with Crippen molar-refractivity contribution in [3.05, 3.63) is 51.9 Å². The van der Waals surface area contributed by atoms with Crippen molar-refractivity contribution < 1.29 is 9.21 Å². The van der Waals surface area contributed by atoms with Crippen LogP contribution in [0.25, 0.3) is 11.1 Å². The summed E-state index contributed by atoms with van der Waals surface area (Å²) >= 11 is 0. The zero-order valence-corrected chi connectivity index (χ0v) is 18.7. The number of amides is 1. The summed E-state index contributed by atoms with van der Waals surface area (Å²) in [5, 5.41) is 0. The van der Waals surface area contributed by atoms with Crippen molar-refractivity contribution in [2.75, 3.05) is 31.6 Å². The van der Waals surface area contributed by atoms with E-state index in [-0.39, 0.29) is 18.2 Å². The highest BCUT2D eigenvalue weighted by molar-refractivity contribution is 5.77. The fourth-order valence-electron chi connectivity index (χ4n) is 5.00. The average Bonchev–Trinajstić information content (AvgIpc) is 3.13. The molecule has 0 saturated carbocycles. The van der Waals surface area contributed by atoms with Crippen LogP contribution in [-0.2, 0) is 17.8 Å². The largest absolute Gasteiger partial charge is 0.419 e. The van der Waals surface area contributed by atoms with Gasteiger partial charge in [-0.2, -0.15) is 0 Å². The van der Waals surface area contributed by atoms with Crippen LogP contribution in [0.2, 0.25) is 0 Å². The Bertz CT molecular complexity index is 1210. The van der Waals surface area contributed by atoms with E-state index in [4.69, 9.17) is 14.4 Å². The predicted molar refractivity (Wildman–Crippen MR) is 122 cm³/mol. The van der Waals surface area contributed by atoms with Crippen LogP contribution in [0.5, 0.6) is 0 Å². The van der Waals surface area contributed by atoms with Crippen LogP contribution in [0.3, 0.4) is 0 Å². The van der Waals surface area contributed by atoms with E-state index >= 15 is 0 Å². The lowest BCUT2D eigenvalue weighted by Gasteiger charge is -2.33. The first-order valence-electron chi connectivity index (χ1n) is 11.5. The third-order valence-corrected chi connectivity index (χ3v) is 6.75. The minimum absolute atomic E-state index is 0.0543. The van der Waals surface area contributed by atoms with Gasteiger partial charge in [-0.25, -0.2) is 14.8 Å². The second kappa shape index (κ2) is 8.41. The first kappa shape index (κ1) is 20.7. The van der Waals surface area contributed by atoms with Crippen LogP contribution in [0.15, 0.2) is 33.5 Å². The van der Waals surface area contributed by atoms with Gasteiger partial charge in [0.05, 0.1) is 5.52 Å². The molecule has 1 amide bonds. The number of carbonyl (C=O) groups is 1. The van der Waals surface area contributed by atoms with Gasteiger partial charge in [-0.1, -0.05) is 12.1 Å². The molecule has 2 aliphatic heterocycles. The minimum Gasteiger partial charge on any atom is -0.408 e. The van der Waals surface area contributed by atoms with Crippen LogP contribution in [0, 0.1) is 6.92 Å². The van der Waals surface area contributed by atoms with Gasteiger partial charge in [0, 0.05) is 56.8 Å². The van der Waals surface area contributed by atoms with E-state index in [2.05, 4.69) is 18.9 Å². The predicted octanol–water partition coefficient (Wildman–Crippen LogP) is 2.87. The number of nitrogens with zero attached hydrogens (tertiary/aromatic N) is 5. The van der Waals surface area contributed by atoms with Gasteiger partial charge in [-0.05, 0) is 44.7 Å². The van der Waals surface area contributed by atoms with Crippen molar-refractivity contribution in [2.24, 2.45) is 0 Å². The lowest BCUT2D eigenvalue weighted by atomic mass is 9.96. The van der Waals surface area contributed by atoms with Gasteiger partial charge < -0.3 is 14.2 Å². The van der Waals surface area contributed by atoms with Crippen LogP contribution in [-0.4, -0.2) is 52.0 Å². The summed E-state index contributed by atoms with van der Waals surface area (Å²) in [6.07, 6.45) is 4.34. The smallest absolute Gasteiger partial charge is 0.408 e. The Kier molecular flexibility index (Phi) is 5.45. The van der Waals surface area contributed by atoms with E-state index in [0.29, 0.717) is 18.7 Å². The molecule has 0 unspecified atom stereocenters. The molecule has 8 heteroatoms. The summed E-state index contributed by atoms with van der Waals surface area (Å²) in [5.74, 6) is 1.68. The molecule has 3 aromatic rings. The summed E-state index contributed by atoms with van der Waals surface area (Å²) in [7, 11) is 2.09. The van der Waals surface area contributed by atoms with Crippen LogP contribution < -0.4 is 10.7 Å². The number of hydrogen-bond donors (Lipinski definition) is 0. The number of aryl methyl sites for hydroxylation is 2. The molecule has 4 heterocycles. The van der Waals surface area contributed by atoms with Crippen molar-refractivity contribution in [3.8, 4) is 0 Å². The van der Waals surface area contributed by atoms with Gasteiger partial charge in [0.2, 0.25) is 5.91 Å². The molecule has 2 aromatic heterocycles. The van der Waals surface area contributed by atoms with Crippen LogP contribution in [0.4, 0.5) is 5.82 Å². The number of hydrogen-bond acceptors (Lipinski definition) is 6. The zero-order valence-electron chi connectivity index (χ0n) is 18.7. The Morgan fingerprint density at radius 3 is 2.91 bits per heavy atom. The molecule has 0 bridgehead atoms. The average molecular weight is 436 g/mol. The SMILES string of the molecule is Cc1nc([C@@H]2CCCN(C(=O)CCn3c(=O)oc4ccccc43)C2)nc2c1CCCN2C. The van der Waals surface area contributed by atoms with Crippen molar-refractivity contribution in [2.45, 2.75) is 51.5 Å². The zero-order chi connectivity index (χ0) is 22.2. The van der Waals surface area contributed by atoms with Gasteiger partial charge in [0.15, 0.2) is 5.58 Å². The summed E-state index contributed by atoms with van der Waals surface area (Å²) in [4.78, 5) is 39.1. The summed E-state index contributed by atoms with van der Waals surface area (Å²) in [5.41, 5.74) is 3.59. The van der Waals surface area contributed by atoms with Crippen molar-refractivity contribution in [1.82, 2.24) is 19.4 Å². The van der Waals surface area contributed by atoms with Gasteiger partial charge in [-0.15, -0.1) is 0 Å². The molecule has 1 fully saturated rings. The van der Waals surface area contributed by atoms with Crippen LogP contribution >= 0.6 is 0 Å². The molecular formula is C24H29N5O3. The monoisotopic (exact) mass is 435 g/mol. The fourth-order valence-corrected chi connectivity index (χ4v) is 5.00. The second-order valence-corrected chi connectivity index (χ2v) is 8.91. The molecule has 1 aromatic carbocycles. The molecule has 8 nitrogen and oxygen atoms in total. The Morgan fingerprint density at radius 2 is 2.03 bits per heavy atom. The summed E-state index contributed by atoms with van der Waals surface area (Å²) in [6, 6.07) is 7.30. The molecule has 32 heavy (non-hydrogen) atoms. The van der Waals surface area contributed by atoms with Gasteiger partial charge in [-0.3, -0.25) is 9.36 Å². The third kappa shape index (κ3) is 3.78. The van der Waals surface area contributed by atoms with E-state index in [0.717, 1.165) is 61.6 Å².